The van der Waals surface area contributed by atoms with Gasteiger partial charge in [0, 0.05) is 12.1 Å². The lowest BCUT2D eigenvalue weighted by atomic mass is 9.85. The van der Waals surface area contributed by atoms with Crippen LogP contribution in [0.25, 0.3) is 0 Å². The van der Waals surface area contributed by atoms with Crippen LogP contribution < -0.4 is 11.1 Å². The van der Waals surface area contributed by atoms with E-state index < -0.39 is 0 Å². The van der Waals surface area contributed by atoms with Gasteiger partial charge in [-0.05, 0) is 29.9 Å². The Morgan fingerprint density at radius 2 is 1.80 bits per heavy atom. The lowest BCUT2D eigenvalue weighted by molar-refractivity contribution is 0.275. The molecule has 0 unspecified atom stereocenters. The third kappa shape index (κ3) is 4.53. The van der Waals surface area contributed by atoms with Crippen molar-refractivity contribution in [3.05, 3.63) is 35.4 Å². The average Bonchev–Trinajstić information content (AvgIpc) is 2.42. The molecule has 0 aromatic heterocycles. The first-order valence-corrected chi connectivity index (χ1v) is 7.23. The molecule has 0 aliphatic heterocycles. The standard InChI is InChI=1S/C16H27N3O/c1-11(2)15(12(3)4)10-18-9-13-7-5-6-8-14(13)16(17)19-20/h5-8,11-12,15,18,20H,9-10H2,1-4H3,(H2,17,19). The van der Waals surface area contributed by atoms with E-state index in [4.69, 9.17) is 10.9 Å². The van der Waals surface area contributed by atoms with Crippen molar-refractivity contribution >= 4 is 5.84 Å². The molecule has 4 N–H and O–H groups in total. The zero-order valence-corrected chi connectivity index (χ0v) is 12.9. The van der Waals surface area contributed by atoms with Crippen LogP contribution in [0, 0.1) is 17.8 Å². The number of rotatable bonds is 7. The maximum absolute atomic E-state index is 8.81. The Kier molecular flexibility index (Phi) is 6.52. The van der Waals surface area contributed by atoms with Gasteiger partial charge in [0.2, 0.25) is 0 Å². The Bertz CT molecular complexity index is 433. The monoisotopic (exact) mass is 277 g/mol. The van der Waals surface area contributed by atoms with Gasteiger partial charge < -0.3 is 16.3 Å². The van der Waals surface area contributed by atoms with Gasteiger partial charge in [-0.3, -0.25) is 0 Å². The van der Waals surface area contributed by atoms with Crippen molar-refractivity contribution in [1.29, 1.82) is 0 Å². The van der Waals surface area contributed by atoms with Gasteiger partial charge in [0.25, 0.3) is 0 Å². The van der Waals surface area contributed by atoms with Crippen molar-refractivity contribution in [2.45, 2.75) is 34.2 Å². The van der Waals surface area contributed by atoms with Crippen LogP contribution in [-0.4, -0.2) is 17.6 Å². The molecule has 0 radical (unpaired) electrons. The summed E-state index contributed by atoms with van der Waals surface area (Å²) in [5.74, 6) is 2.11. The first-order chi connectivity index (χ1) is 9.47. The molecule has 0 aliphatic rings. The summed E-state index contributed by atoms with van der Waals surface area (Å²) in [7, 11) is 0. The molecule has 20 heavy (non-hydrogen) atoms. The molecule has 0 aliphatic carbocycles. The van der Waals surface area contributed by atoms with E-state index in [2.05, 4.69) is 38.2 Å². The van der Waals surface area contributed by atoms with E-state index in [0.29, 0.717) is 17.8 Å². The number of nitrogens with two attached hydrogens (primary N) is 1. The molecule has 0 fully saturated rings. The highest BCUT2D eigenvalue weighted by Crippen LogP contribution is 2.19. The van der Waals surface area contributed by atoms with E-state index in [9.17, 15) is 0 Å². The molecule has 112 valence electrons. The Labute approximate surface area is 122 Å². The summed E-state index contributed by atoms with van der Waals surface area (Å²) in [5.41, 5.74) is 7.53. The summed E-state index contributed by atoms with van der Waals surface area (Å²) in [4.78, 5) is 0. The SMILES string of the molecule is CC(C)C(CNCc1ccccc1/C(N)=N/O)C(C)C. The van der Waals surface area contributed by atoms with Crippen molar-refractivity contribution in [2.75, 3.05) is 6.54 Å². The fourth-order valence-electron chi connectivity index (χ4n) is 2.59. The van der Waals surface area contributed by atoms with Crippen LogP contribution in [-0.2, 0) is 6.54 Å². The summed E-state index contributed by atoms with van der Waals surface area (Å²) in [6.07, 6.45) is 0. The summed E-state index contributed by atoms with van der Waals surface area (Å²) in [5, 5.41) is 15.4. The zero-order chi connectivity index (χ0) is 15.1. The van der Waals surface area contributed by atoms with E-state index in [1.54, 1.807) is 0 Å². The summed E-state index contributed by atoms with van der Waals surface area (Å²) in [6.45, 7) is 10.7. The van der Waals surface area contributed by atoms with E-state index in [1.807, 2.05) is 24.3 Å². The quantitative estimate of drug-likeness (QED) is 0.311. The fraction of sp³-hybridized carbons (Fsp3) is 0.562. The minimum absolute atomic E-state index is 0.159. The van der Waals surface area contributed by atoms with E-state index in [1.165, 1.54) is 0 Å². The van der Waals surface area contributed by atoms with E-state index in [0.717, 1.165) is 24.2 Å². The van der Waals surface area contributed by atoms with Crippen molar-refractivity contribution in [3.8, 4) is 0 Å². The topological polar surface area (TPSA) is 70.6 Å². The van der Waals surface area contributed by atoms with Gasteiger partial charge in [0.15, 0.2) is 5.84 Å². The maximum Gasteiger partial charge on any atom is 0.170 e. The Balaban J connectivity index is 2.67. The molecular weight excluding hydrogens is 250 g/mol. The van der Waals surface area contributed by atoms with Crippen LogP contribution in [0.15, 0.2) is 29.4 Å². The minimum Gasteiger partial charge on any atom is -0.409 e. The molecule has 0 bridgehead atoms. The van der Waals surface area contributed by atoms with Crippen molar-refractivity contribution in [1.82, 2.24) is 5.32 Å². The van der Waals surface area contributed by atoms with E-state index in [-0.39, 0.29) is 5.84 Å². The van der Waals surface area contributed by atoms with Gasteiger partial charge in [-0.15, -0.1) is 0 Å². The highest BCUT2D eigenvalue weighted by atomic mass is 16.4. The molecule has 0 amide bonds. The second-order valence-corrected chi connectivity index (χ2v) is 5.93. The predicted octanol–water partition coefficient (Wildman–Crippen LogP) is 2.80. The van der Waals surface area contributed by atoms with Crippen molar-refractivity contribution in [2.24, 2.45) is 28.6 Å². The summed E-state index contributed by atoms with van der Waals surface area (Å²) in [6, 6.07) is 7.73. The molecule has 1 aromatic rings. The van der Waals surface area contributed by atoms with Crippen LogP contribution in [0.4, 0.5) is 0 Å². The Morgan fingerprint density at radius 3 is 2.35 bits per heavy atom. The number of hydrogen-bond donors (Lipinski definition) is 3. The van der Waals surface area contributed by atoms with Gasteiger partial charge in [-0.1, -0.05) is 57.1 Å². The highest BCUT2D eigenvalue weighted by Gasteiger charge is 2.17. The average molecular weight is 277 g/mol. The molecule has 1 aromatic carbocycles. The second kappa shape index (κ2) is 7.90. The molecule has 0 saturated heterocycles. The highest BCUT2D eigenvalue weighted by molar-refractivity contribution is 5.98. The predicted molar refractivity (Wildman–Crippen MR) is 83.8 cm³/mol. The maximum atomic E-state index is 8.81. The van der Waals surface area contributed by atoms with Crippen molar-refractivity contribution < 1.29 is 5.21 Å². The Morgan fingerprint density at radius 1 is 1.20 bits per heavy atom. The molecule has 4 nitrogen and oxygen atoms in total. The normalized spacial score (nSPS) is 12.7. The van der Waals surface area contributed by atoms with Crippen LogP contribution in [0.5, 0.6) is 0 Å². The largest absolute Gasteiger partial charge is 0.409 e. The number of nitrogens with one attached hydrogen (secondary N) is 1. The zero-order valence-electron chi connectivity index (χ0n) is 12.9. The number of amidine groups is 1. The summed E-state index contributed by atoms with van der Waals surface area (Å²) < 4.78 is 0. The Hall–Kier alpha value is -1.55. The molecule has 1 rings (SSSR count). The number of oxime groups is 1. The van der Waals surface area contributed by atoms with Gasteiger partial charge in [-0.2, -0.15) is 0 Å². The lowest BCUT2D eigenvalue weighted by Gasteiger charge is -2.25. The first-order valence-electron chi connectivity index (χ1n) is 7.23. The fourth-order valence-corrected chi connectivity index (χ4v) is 2.59. The third-order valence-corrected chi connectivity index (χ3v) is 3.81. The molecular formula is C16H27N3O. The van der Waals surface area contributed by atoms with Crippen LogP contribution >= 0.6 is 0 Å². The molecule has 0 spiro atoms. The van der Waals surface area contributed by atoms with Gasteiger partial charge in [0.05, 0.1) is 0 Å². The minimum atomic E-state index is 0.159. The second-order valence-electron chi connectivity index (χ2n) is 5.93. The van der Waals surface area contributed by atoms with E-state index >= 15 is 0 Å². The van der Waals surface area contributed by atoms with Crippen molar-refractivity contribution in [3.63, 3.8) is 0 Å². The molecule has 0 atom stereocenters. The lowest BCUT2D eigenvalue weighted by Crippen LogP contribution is -2.30. The first kappa shape index (κ1) is 16.5. The smallest absolute Gasteiger partial charge is 0.170 e. The van der Waals surface area contributed by atoms with Gasteiger partial charge >= 0.3 is 0 Å². The molecule has 4 heteroatoms. The van der Waals surface area contributed by atoms with Gasteiger partial charge in [-0.25, -0.2) is 0 Å². The number of hydrogen-bond acceptors (Lipinski definition) is 3. The van der Waals surface area contributed by atoms with Gasteiger partial charge in [0.1, 0.15) is 0 Å². The molecule has 0 saturated carbocycles. The number of benzene rings is 1. The van der Waals surface area contributed by atoms with Crippen LogP contribution in [0.3, 0.4) is 0 Å². The summed E-state index contributed by atoms with van der Waals surface area (Å²) >= 11 is 0. The third-order valence-electron chi connectivity index (χ3n) is 3.81. The molecule has 0 heterocycles. The van der Waals surface area contributed by atoms with Crippen LogP contribution in [0.1, 0.15) is 38.8 Å². The number of nitrogens with zero attached hydrogens (tertiary/aromatic N) is 1. The van der Waals surface area contributed by atoms with Crippen LogP contribution in [0.2, 0.25) is 0 Å².